The number of hydrogen-bond donors (Lipinski definition) is 0. The minimum atomic E-state index is 0.735. The summed E-state index contributed by atoms with van der Waals surface area (Å²) in [6.45, 7) is 4.29. The van der Waals surface area contributed by atoms with Crippen molar-refractivity contribution in [3.63, 3.8) is 0 Å². The average molecular weight is 312 g/mol. The standard InChI is InChI=1S/C18H18ClN3/c1-11-15-5-3-4-6-16(15)20-18-17(11)12(2)21-22(18)14-9-7-13(19)8-10-14/h7-10H,3-6H2,1-2H3. The summed E-state index contributed by atoms with van der Waals surface area (Å²) in [5.74, 6) is 0. The fourth-order valence-electron chi connectivity index (χ4n) is 3.52. The van der Waals surface area contributed by atoms with E-state index in [4.69, 9.17) is 21.7 Å². The number of aromatic nitrogens is 3. The molecule has 0 aliphatic heterocycles. The molecule has 4 rings (SSSR count). The van der Waals surface area contributed by atoms with E-state index in [9.17, 15) is 0 Å². The highest BCUT2D eigenvalue weighted by Gasteiger charge is 2.20. The van der Waals surface area contributed by atoms with Gasteiger partial charge in [-0.3, -0.25) is 0 Å². The Kier molecular flexibility index (Phi) is 3.19. The van der Waals surface area contributed by atoms with Crippen molar-refractivity contribution in [2.45, 2.75) is 39.5 Å². The molecule has 22 heavy (non-hydrogen) atoms. The lowest BCUT2D eigenvalue weighted by Gasteiger charge is -2.18. The number of benzene rings is 1. The zero-order chi connectivity index (χ0) is 15.3. The van der Waals surface area contributed by atoms with Gasteiger partial charge < -0.3 is 0 Å². The molecule has 2 heterocycles. The molecule has 2 aromatic heterocycles. The van der Waals surface area contributed by atoms with E-state index in [-0.39, 0.29) is 0 Å². The molecule has 0 bridgehead atoms. The van der Waals surface area contributed by atoms with Crippen LogP contribution in [0.4, 0.5) is 0 Å². The highest BCUT2D eigenvalue weighted by molar-refractivity contribution is 6.30. The number of pyridine rings is 1. The van der Waals surface area contributed by atoms with E-state index in [1.807, 2.05) is 28.9 Å². The zero-order valence-electron chi connectivity index (χ0n) is 12.9. The Balaban J connectivity index is 2.01. The molecule has 0 unspecified atom stereocenters. The number of aryl methyl sites for hydroxylation is 3. The van der Waals surface area contributed by atoms with E-state index < -0.39 is 0 Å². The van der Waals surface area contributed by atoms with Gasteiger partial charge in [0.1, 0.15) is 0 Å². The van der Waals surface area contributed by atoms with Crippen molar-refractivity contribution in [1.29, 1.82) is 0 Å². The first-order chi connectivity index (χ1) is 10.6. The monoisotopic (exact) mass is 311 g/mol. The molecule has 0 radical (unpaired) electrons. The first-order valence-electron chi connectivity index (χ1n) is 7.79. The van der Waals surface area contributed by atoms with Crippen LogP contribution in [0.1, 0.15) is 35.4 Å². The van der Waals surface area contributed by atoms with Crippen LogP contribution in [-0.4, -0.2) is 14.8 Å². The topological polar surface area (TPSA) is 30.7 Å². The van der Waals surface area contributed by atoms with E-state index in [2.05, 4.69) is 13.8 Å². The molecule has 1 aliphatic rings. The molecule has 4 heteroatoms. The lowest BCUT2D eigenvalue weighted by Crippen LogP contribution is -2.09. The maximum absolute atomic E-state index is 6.00. The Morgan fingerprint density at radius 3 is 2.55 bits per heavy atom. The Morgan fingerprint density at radius 1 is 1.05 bits per heavy atom. The second-order valence-electron chi connectivity index (χ2n) is 6.04. The fraction of sp³-hybridized carbons (Fsp3) is 0.333. The van der Waals surface area contributed by atoms with Crippen molar-refractivity contribution in [2.24, 2.45) is 0 Å². The van der Waals surface area contributed by atoms with Crippen molar-refractivity contribution in [3.8, 4) is 5.69 Å². The smallest absolute Gasteiger partial charge is 0.163 e. The highest BCUT2D eigenvalue weighted by atomic mass is 35.5. The Labute approximate surface area is 134 Å². The fourth-order valence-corrected chi connectivity index (χ4v) is 3.64. The van der Waals surface area contributed by atoms with Crippen molar-refractivity contribution in [3.05, 3.63) is 51.8 Å². The normalized spacial score (nSPS) is 14.3. The van der Waals surface area contributed by atoms with Crippen molar-refractivity contribution < 1.29 is 0 Å². The number of rotatable bonds is 1. The average Bonchev–Trinajstić information content (AvgIpc) is 2.85. The largest absolute Gasteiger partial charge is 0.233 e. The van der Waals surface area contributed by atoms with Crippen molar-refractivity contribution in [1.82, 2.24) is 14.8 Å². The summed E-state index contributed by atoms with van der Waals surface area (Å²) < 4.78 is 1.95. The van der Waals surface area contributed by atoms with Gasteiger partial charge in [0.25, 0.3) is 0 Å². The third-order valence-corrected chi connectivity index (χ3v) is 4.87. The van der Waals surface area contributed by atoms with Gasteiger partial charge in [0.2, 0.25) is 0 Å². The molecule has 0 N–H and O–H groups in total. The maximum atomic E-state index is 6.00. The van der Waals surface area contributed by atoms with E-state index in [0.29, 0.717) is 0 Å². The molecule has 1 aliphatic carbocycles. The number of fused-ring (bicyclic) bond motifs is 2. The van der Waals surface area contributed by atoms with Crippen LogP contribution >= 0.6 is 11.6 Å². The molecule has 0 saturated carbocycles. The first-order valence-corrected chi connectivity index (χ1v) is 8.16. The van der Waals surface area contributed by atoms with Crippen LogP contribution in [0, 0.1) is 13.8 Å². The zero-order valence-corrected chi connectivity index (χ0v) is 13.6. The highest BCUT2D eigenvalue weighted by Crippen LogP contribution is 2.31. The van der Waals surface area contributed by atoms with Crippen molar-refractivity contribution in [2.75, 3.05) is 0 Å². The summed E-state index contributed by atoms with van der Waals surface area (Å²) in [6, 6.07) is 7.77. The summed E-state index contributed by atoms with van der Waals surface area (Å²) in [7, 11) is 0. The molecular formula is C18H18ClN3. The van der Waals surface area contributed by atoms with E-state index in [1.54, 1.807) is 0 Å². The van der Waals surface area contributed by atoms with Gasteiger partial charge in [-0.2, -0.15) is 5.10 Å². The molecule has 112 valence electrons. The van der Waals surface area contributed by atoms with Crippen LogP contribution < -0.4 is 0 Å². The minimum Gasteiger partial charge on any atom is -0.233 e. The lowest BCUT2D eigenvalue weighted by molar-refractivity contribution is 0.666. The SMILES string of the molecule is Cc1nn(-c2ccc(Cl)cc2)c2nc3c(c(C)c12)CCCC3. The van der Waals surface area contributed by atoms with Gasteiger partial charge in [0, 0.05) is 16.1 Å². The van der Waals surface area contributed by atoms with E-state index >= 15 is 0 Å². The molecule has 3 aromatic rings. The molecule has 0 fully saturated rings. The van der Waals surface area contributed by atoms with Gasteiger partial charge in [-0.15, -0.1) is 0 Å². The van der Waals surface area contributed by atoms with Gasteiger partial charge in [-0.25, -0.2) is 9.67 Å². The minimum absolute atomic E-state index is 0.735. The lowest BCUT2D eigenvalue weighted by atomic mass is 9.91. The summed E-state index contributed by atoms with van der Waals surface area (Å²) in [6.07, 6.45) is 4.73. The van der Waals surface area contributed by atoms with Crippen LogP contribution in [0.3, 0.4) is 0 Å². The van der Waals surface area contributed by atoms with Crippen LogP contribution in [0.15, 0.2) is 24.3 Å². The van der Waals surface area contributed by atoms with E-state index in [1.165, 1.54) is 35.0 Å². The van der Waals surface area contributed by atoms with Gasteiger partial charge in [0.15, 0.2) is 5.65 Å². The number of nitrogens with zero attached hydrogens (tertiary/aromatic N) is 3. The van der Waals surface area contributed by atoms with Gasteiger partial charge in [0.05, 0.1) is 11.4 Å². The van der Waals surface area contributed by atoms with Crippen LogP contribution in [0.25, 0.3) is 16.7 Å². The van der Waals surface area contributed by atoms with Crippen LogP contribution in [0.2, 0.25) is 5.02 Å². The second kappa shape index (κ2) is 5.10. The predicted octanol–water partition coefficient (Wildman–Crippen LogP) is 4.57. The maximum Gasteiger partial charge on any atom is 0.163 e. The summed E-state index contributed by atoms with van der Waals surface area (Å²) >= 11 is 6.00. The Morgan fingerprint density at radius 2 is 1.77 bits per heavy atom. The molecule has 0 amide bonds. The molecular weight excluding hydrogens is 294 g/mol. The predicted molar refractivity (Wildman–Crippen MR) is 90.0 cm³/mol. The Hall–Kier alpha value is -1.87. The number of halogens is 1. The quantitative estimate of drug-likeness (QED) is 0.659. The molecule has 1 aromatic carbocycles. The third kappa shape index (κ3) is 2.03. The first kappa shape index (κ1) is 13.8. The summed E-state index contributed by atoms with van der Waals surface area (Å²) in [5.41, 5.74) is 7.08. The summed E-state index contributed by atoms with van der Waals surface area (Å²) in [5, 5.41) is 6.67. The molecule has 0 spiro atoms. The van der Waals surface area contributed by atoms with Gasteiger partial charge in [-0.1, -0.05) is 11.6 Å². The van der Waals surface area contributed by atoms with Crippen LogP contribution in [-0.2, 0) is 12.8 Å². The van der Waals surface area contributed by atoms with E-state index in [0.717, 1.165) is 34.9 Å². The Bertz CT molecular complexity index is 862. The van der Waals surface area contributed by atoms with Gasteiger partial charge in [-0.05, 0) is 74.9 Å². The van der Waals surface area contributed by atoms with Gasteiger partial charge >= 0.3 is 0 Å². The molecule has 0 saturated heterocycles. The summed E-state index contributed by atoms with van der Waals surface area (Å²) in [4.78, 5) is 4.96. The molecule has 3 nitrogen and oxygen atoms in total. The second-order valence-corrected chi connectivity index (χ2v) is 6.48. The third-order valence-electron chi connectivity index (χ3n) is 4.61. The molecule has 0 atom stereocenters. The van der Waals surface area contributed by atoms with Crippen LogP contribution in [0.5, 0.6) is 0 Å². The number of hydrogen-bond acceptors (Lipinski definition) is 2. The van der Waals surface area contributed by atoms with Crippen molar-refractivity contribution >= 4 is 22.6 Å².